The summed E-state index contributed by atoms with van der Waals surface area (Å²) in [6.45, 7) is 7.84. The highest BCUT2D eigenvalue weighted by Crippen LogP contribution is 2.18. The van der Waals surface area contributed by atoms with Crippen LogP contribution in [0.25, 0.3) is 0 Å². The molecular weight excluding hydrogens is 276 g/mol. The van der Waals surface area contributed by atoms with Crippen molar-refractivity contribution in [3.63, 3.8) is 0 Å². The molecule has 2 heterocycles. The SMILES string of the molecule is CCN(CC)c1cc(C)nc(NC2CCS(=O)(=O)C2)n1. The molecule has 0 aromatic carbocycles. The average molecular weight is 298 g/mol. The predicted octanol–water partition coefficient (Wildman–Crippen LogP) is 1.23. The van der Waals surface area contributed by atoms with Crippen molar-refractivity contribution in [2.45, 2.75) is 33.2 Å². The average Bonchev–Trinajstić information content (AvgIpc) is 2.69. The van der Waals surface area contributed by atoms with Gasteiger partial charge in [-0.2, -0.15) is 4.98 Å². The third-order valence-electron chi connectivity index (χ3n) is 3.49. The topological polar surface area (TPSA) is 75.2 Å². The molecule has 1 aliphatic rings. The number of nitrogens with zero attached hydrogens (tertiary/aromatic N) is 3. The summed E-state index contributed by atoms with van der Waals surface area (Å²) in [7, 11) is -2.89. The minimum Gasteiger partial charge on any atom is -0.357 e. The highest BCUT2D eigenvalue weighted by molar-refractivity contribution is 7.91. The summed E-state index contributed by atoms with van der Waals surface area (Å²) in [4.78, 5) is 11.0. The van der Waals surface area contributed by atoms with Crippen LogP contribution in [0.2, 0.25) is 0 Å². The molecule has 0 saturated carbocycles. The van der Waals surface area contributed by atoms with Crippen LogP contribution in [-0.4, -0.2) is 49.0 Å². The molecule has 1 aliphatic heterocycles. The van der Waals surface area contributed by atoms with Gasteiger partial charge in [-0.15, -0.1) is 0 Å². The van der Waals surface area contributed by atoms with Crippen molar-refractivity contribution >= 4 is 21.6 Å². The third kappa shape index (κ3) is 3.59. The first-order valence-corrected chi connectivity index (χ1v) is 8.83. The lowest BCUT2D eigenvalue weighted by molar-refractivity contribution is 0.602. The second kappa shape index (κ2) is 5.95. The Morgan fingerprint density at radius 2 is 2.05 bits per heavy atom. The minimum absolute atomic E-state index is 0.0775. The number of sulfone groups is 1. The van der Waals surface area contributed by atoms with Gasteiger partial charge in [0.05, 0.1) is 11.5 Å². The van der Waals surface area contributed by atoms with Crippen LogP contribution in [0.5, 0.6) is 0 Å². The fourth-order valence-corrected chi connectivity index (χ4v) is 4.09. The maximum absolute atomic E-state index is 11.5. The molecule has 2 rings (SSSR count). The van der Waals surface area contributed by atoms with Crippen LogP contribution >= 0.6 is 0 Å². The molecule has 6 nitrogen and oxygen atoms in total. The molecule has 0 aliphatic carbocycles. The van der Waals surface area contributed by atoms with Gasteiger partial charge >= 0.3 is 0 Å². The van der Waals surface area contributed by atoms with Gasteiger partial charge in [-0.1, -0.05) is 0 Å². The van der Waals surface area contributed by atoms with Gasteiger partial charge in [0.25, 0.3) is 0 Å². The molecule has 1 saturated heterocycles. The number of hydrogen-bond donors (Lipinski definition) is 1. The van der Waals surface area contributed by atoms with Crippen molar-refractivity contribution in [1.82, 2.24) is 9.97 Å². The molecule has 112 valence electrons. The molecule has 1 aromatic heterocycles. The van der Waals surface area contributed by atoms with Crippen LogP contribution in [0, 0.1) is 6.92 Å². The van der Waals surface area contributed by atoms with E-state index in [1.807, 2.05) is 13.0 Å². The summed E-state index contributed by atoms with van der Waals surface area (Å²) in [6, 6.07) is 1.87. The van der Waals surface area contributed by atoms with Gasteiger partial charge < -0.3 is 10.2 Å². The molecule has 1 fully saturated rings. The summed E-state index contributed by atoms with van der Waals surface area (Å²) in [6.07, 6.45) is 0.625. The van der Waals surface area contributed by atoms with Crippen LogP contribution < -0.4 is 10.2 Å². The zero-order chi connectivity index (χ0) is 14.8. The van der Waals surface area contributed by atoms with Crippen LogP contribution in [-0.2, 0) is 9.84 Å². The second-order valence-corrected chi connectivity index (χ2v) is 7.34. The Labute approximate surface area is 120 Å². The molecule has 7 heteroatoms. The number of rotatable bonds is 5. The van der Waals surface area contributed by atoms with E-state index in [9.17, 15) is 8.42 Å². The number of hydrogen-bond acceptors (Lipinski definition) is 6. The van der Waals surface area contributed by atoms with Gasteiger partial charge in [0, 0.05) is 30.9 Å². The largest absolute Gasteiger partial charge is 0.357 e. The number of nitrogens with one attached hydrogen (secondary N) is 1. The molecule has 0 bridgehead atoms. The van der Waals surface area contributed by atoms with Crippen molar-refractivity contribution in [2.24, 2.45) is 0 Å². The molecule has 1 aromatic rings. The summed E-state index contributed by atoms with van der Waals surface area (Å²) in [5, 5.41) is 3.15. The lowest BCUT2D eigenvalue weighted by Gasteiger charge is -2.21. The Hall–Kier alpha value is -1.37. The molecule has 0 radical (unpaired) electrons. The first-order valence-electron chi connectivity index (χ1n) is 7.01. The Kier molecular flexibility index (Phi) is 4.47. The Balaban J connectivity index is 2.16. The van der Waals surface area contributed by atoms with E-state index in [0.29, 0.717) is 12.4 Å². The van der Waals surface area contributed by atoms with E-state index < -0.39 is 9.84 Å². The Morgan fingerprint density at radius 1 is 1.35 bits per heavy atom. The van der Waals surface area contributed by atoms with Gasteiger partial charge in [0.2, 0.25) is 5.95 Å². The molecule has 0 amide bonds. The maximum Gasteiger partial charge on any atom is 0.225 e. The van der Waals surface area contributed by atoms with E-state index in [1.54, 1.807) is 0 Å². The summed E-state index contributed by atoms with van der Waals surface area (Å²) in [5.41, 5.74) is 0.880. The first kappa shape index (κ1) is 15.0. The zero-order valence-corrected chi connectivity index (χ0v) is 13.1. The lowest BCUT2D eigenvalue weighted by atomic mass is 10.3. The summed E-state index contributed by atoms with van der Waals surface area (Å²) in [5.74, 6) is 1.82. The molecule has 1 unspecified atom stereocenters. The van der Waals surface area contributed by atoms with Gasteiger partial charge in [-0.05, 0) is 27.2 Å². The molecular formula is C13H22N4O2S. The Bertz CT molecular complexity index is 570. The van der Waals surface area contributed by atoms with Crippen molar-refractivity contribution in [3.8, 4) is 0 Å². The molecule has 0 spiro atoms. The van der Waals surface area contributed by atoms with E-state index in [2.05, 4.69) is 34.0 Å². The number of aromatic nitrogens is 2. The summed E-state index contributed by atoms with van der Waals surface area (Å²) < 4.78 is 23.0. The van der Waals surface area contributed by atoms with Gasteiger partial charge in [-0.3, -0.25) is 0 Å². The van der Waals surface area contributed by atoms with Crippen molar-refractivity contribution in [1.29, 1.82) is 0 Å². The Morgan fingerprint density at radius 3 is 2.60 bits per heavy atom. The maximum atomic E-state index is 11.5. The van der Waals surface area contributed by atoms with Crippen LogP contribution in [0.3, 0.4) is 0 Å². The lowest BCUT2D eigenvalue weighted by Crippen LogP contribution is -2.26. The smallest absolute Gasteiger partial charge is 0.225 e. The van der Waals surface area contributed by atoms with E-state index in [1.165, 1.54) is 0 Å². The fourth-order valence-electron chi connectivity index (χ4n) is 2.42. The highest BCUT2D eigenvalue weighted by atomic mass is 32.2. The second-order valence-electron chi connectivity index (χ2n) is 5.11. The van der Waals surface area contributed by atoms with E-state index in [-0.39, 0.29) is 17.5 Å². The predicted molar refractivity (Wildman–Crippen MR) is 81.0 cm³/mol. The van der Waals surface area contributed by atoms with Crippen molar-refractivity contribution in [3.05, 3.63) is 11.8 Å². The number of aryl methyl sites for hydroxylation is 1. The molecule has 20 heavy (non-hydrogen) atoms. The van der Waals surface area contributed by atoms with Gasteiger partial charge in [-0.25, -0.2) is 13.4 Å². The monoisotopic (exact) mass is 298 g/mol. The zero-order valence-electron chi connectivity index (χ0n) is 12.3. The van der Waals surface area contributed by atoms with E-state index in [4.69, 9.17) is 0 Å². The highest BCUT2D eigenvalue weighted by Gasteiger charge is 2.28. The minimum atomic E-state index is -2.89. The quantitative estimate of drug-likeness (QED) is 0.881. The van der Waals surface area contributed by atoms with Crippen LogP contribution in [0.15, 0.2) is 6.07 Å². The van der Waals surface area contributed by atoms with E-state index >= 15 is 0 Å². The molecule has 1 atom stereocenters. The number of anilines is 2. The first-order chi connectivity index (χ1) is 9.43. The fraction of sp³-hybridized carbons (Fsp3) is 0.692. The van der Waals surface area contributed by atoms with Crippen LogP contribution in [0.1, 0.15) is 26.0 Å². The van der Waals surface area contributed by atoms with Crippen molar-refractivity contribution in [2.75, 3.05) is 34.8 Å². The molecule has 1 N–H and O–H groups in total. The van der Waals surface area contributed by atoms with Crippen LogP contribution in [0.4, 0.5) is 11.8 Å². The normalized spacial score (nSPS) is 20.9. The van der Waals surface area contributed by atoms with Gasteiger partial charge in [0.15, 0.2) is 9.84 Å². The van der Waals surface area contributed by atoms with Gasteiger partial charge in [0.1, 0.15) is 5.82 Å². The van der Waals surface area contributed by atoms with E-state index in [0.717, 1.165) is 24.6 Å². The summed E-state index contributed by atoms with van der Waals surface area (Å²) >= 11 is 0. The van der Waals surface area contributed by atoms with Crippen molar-refractivity contribution < 1.29 is 8.42 Å². The third-order valence-corrected chi connectivity index (χ3v) is 5.26. The standard InChI is InChI=1S/C13H22N4O2S/c1-4-17(5-2)12-8-10(3)14-13(16-12)15-11-6-7-20(18,19)9-11/h8,11H,4-7,9H2,1-3H3,(H,14,15,16).